The second kappa shape index (κ2) is 9.63. The summed E-state index contributed by atoms with van der Waals surface area (Å²) in [5.74, 6) is 2.54. The first-order chi connectivity index (χ1) is 14.2. The van der Waals surface area contributed by atoms with Crippen LogP contribution in [0.15, 0.2) is 16.9 Å². The number of H-pyrrole nitrogens is 1. The lowest BCUT2D eigenvalue weighted by Gasteiger charge is -2.33. The third-order valence-corrected chi connectivity index (χ3v) is 7.01. The molecule has 1 aromatic heterocycles. The minimum Gasteiger partial charge on any atom is -0.446 e. The lowest BCUT2D eigenvalue weighted by Crippen LogP contribution is -2.41. The van der Waals surface area contributed by atoms with Crippen LogP contribution < -0.4 is 10.5 Å². The zero-order chi connectivity index (χ0) is 20.1. The van der Waals surface area contributed by atoms with E-state index in [-0.39, 0.29) is 17.8 Å². The minimum atomic E-state index is -0.194. The third kappa shape index (κ3) is 5.52. The van der Waals surface area contributed by atoms with Crippen molar-refractivity contribution in [2.45, 2.75) is 70.3 Å². The van der Waals surface area contributed by atoms with Crippen LogP contribution >= 0.6 is 0 Å². The van der Waals surface area contributed by atoms with Gasteiger partial charge in [-0.05, 0) is 37.2 Å². The molecule has 7 heteroatoms. The molecule has 1 N–H and O–H groups in total. The van der Waals surface area contributed by atoms with Crippen molar-refractivity contribution in [1.29, 1.82) is 0 Å². The number of anilines is 1. The van der Waals surface area contributed by atoms with Crippen LogP contribution in [-0.2, 0) is 4.74 Å². The largest absolute Gasteiger partial charge is 0.446 e. The number of rotatable bonds is 5. The number of aromatic nitrogens is 2. The number of likely N-dealkylation sites (tertiary alicyclic amines) is 1. The highest BCUT2D eigenvalue weighted by atomic mass is 16.6. The first-order valence-electron chi connectivity index (χ1n) is 11.4. The fourth-order valence-corrected chi connectivity index (χ4v) is 4.82. The Morgan fingerprint density at radius 3 is 2.34 bits per heavy atom. The molecule has 1 aliphatic carbocycles. The minimum absolute atomic E-state index is 0.0285. The van der Waals surface area contributed by atoms with Crippen LogP contribution in [0.2, 0.25) is 0 Å². The summed E-state index contributed by atoms with van der Waals surface area (Å²) in [4.78, 5) is 27.9. The van der Waals surface area contributed by atoms with Gasteiger partial charge in [-0.15, -0.1) is 0 Å². The number of amides is 1. The van der Waals surface area contributed by atoms with E-state index in [0.717, 1.165) is 69.5 Å². The molecule has 2 saturated heterocycles. The first kappa shape index (κ1) is 20.2. The molecule has 3 heterocycles. The summed E-state index contributed by atoms with van der Waals surface area (Å²) in [6.07, 6.45) is 11.9. The highest BCUT2D eigenvalue weighted by Crippen LogP contribution is 2.33. The van der Waals surface area contributed by atoms with Crippen molar-refractivity contribution >= 4 is 11.9 Å². The van der Waals surface area contributed by atoms with Crippen LogP contribution in [0.4, 0.5) is 10.6 Å². The molecule has 0 spiro atoms. The molecule has 1 amide bonds. The highest BCUT2D eigenvalue weighted by molar-refractivity contribution is 5.67. The normalized spacial score (nSPS) is 24.1. The molecular formula is C22H34N4O3. The fraction of sp³-hybridized carbons (Fsp3) is 0.773. The number of ether oxygens (including phenoxy) is 1. The van der Waals surface area contributed by atoms with Crippen molar-refractivity contribution in [3.05, 3.63) is 22.5 Å². The summed E-state index contributed by atoms with van der Waals surface area (Å²) in [7, 11) is 0. The maximum absolute atomic E-state index is 12.7. The van der Waals surface area contributed by atoms with Crippen LogP contribution in [-0.4, -0.2) is 53.5 Å². The molecule has 0 bridgehead atoms. The van der Waals surface area contributed by atoms with Crippen LogP contribution in [0.3, 0.4) is 0 Å². The molecule has 7 nitrogen and oxygen atoms in total. The Hall–Kier alpha value is -2.05. The van der Waals surface area contributed by atoms with Gasteiger partial charge < -0.3 is 14.5 Å². The predicted molar refractivity (Wildman–Crippen MR) is 112 cm³/mol. The second-order valence-corrected chi connectivity index (χ2v) is 9.01. The topological polar surface area (TPSA) is 78.5 Å². The van der Waals surface area contributed by atoms with E-state index in [4.69, 9.17) is 4.74 Å². The standard InChI is InChI=1S/C22H34N4O3/c27-21-9-8-20(23-24-21)25-15-11-19(12-16-25)29-22(28)26-13-2-5-18(10-14-26)7-6-17-3-1-4-17/h8-9,17-19H,1-7,10-16H2,(H,24,27). The van der Waals surface area contributed by atoms with Crippen molar-refractivity contribution < 1.29 is 9.53 Å². The van der Waals surface area contributed by atoms with Crippen molar-refractivity contribution in [3.8, 4) is 0 Å². The summed E-state index contributed by atoms with van der Waals surface area (Å²) in [6.45, 7) is 3.23. The summed E-state index contributed by atoms with van der Waals surface area (Å²) in [5.41, 5.74) is -0.194. The number of nitrogens with one attached hydrogen (secondary N) is 1. The Kier molecular flexibility index (Phi) is 6.72. The summed E-state index contributed by atoms with van der Waals surface area (Å²) in [6, 6.07) is 3.23. The van der Waals surface area contributed by atoms with Crippen LogP contribution in [0.1, 0.15) is 64.2 Å². The van der Waals surface area contributed by atoms with Gasteiger partial charge in [-0.1, -0.05) is 32.1 Å². The molecule has 1 saturated carbocycles. The van der Waals surface area contributed by atoms with E-state index in [2.05, 4.69) is 15.1 Å². The number of hydrogen-bond donors (Lipinski definition) is 1. The number of carbonyl (C=O) groups is 1. The molecule has 1 aromatic rings. The predicted octanol–water partition coefficient (Wildman–Crippen LogP) is 3.56. The third-order valence-electron chi connectivity index (χ3n) is 7.01. The van der Waals surface area contributed by atoms with E-state index in [1.807, 2.05) is 4.90 Å². The first-order valence-corrected chi connectivity index (χ1v) is 11.4. The summed E-state index contributed by atoms with van der Waals surface area (Å²) < 4.78 is 5.83. The van der Waals surface area contributed by atoms with Gasteiger partial charge in [-0.25, -0.2) is 9.89 Å². The number of carbonyl (C=O) groups excluding carboxylic acids is 1. The van der Waals surface area contributed by atoms with Crippen LogP contribution in [0.5, 0.6) is 0 Å². The molecule has 2 aliphatic heterocycles. The van der Waals surface area contributed by atoms with E-state index in [1.54, 1.807) is 6.07 Å². The van der Waals surface area contributed by atoms with Gasteiger partial charge in [-0.3, -0.25) is 4.79 Å². The molecule has 0 radical (unpaired) electrons. The molecule has 3 fully saturated rings. The molecule has 4 rings (SSSR count). The van der Waals surface area contributed by atoms with E-state index in [9.17, 15) is 9.59 Å². The Morgan fingerprint density at radius 2 is 1.69 bits per heavy atom. The summed E-state index contributed by atoms with van der Waals surface area (Å²) >= 11 is 0. The van der Waals surface area contributed by atoms with Crippen LogP contribution in [0, 0.1) is 11.8 Å². The molecule has 29 heavy (non-hydrogen) atoms. The summed E-state index contributed by atoms with van der Waals surface area (Å²) in [5, 5.41) is 6.56. The Bertz CT molecular complexity index is 705. The van der Waals surface area contributed by atoms with Gasteiger partial charge in [0.25, 0.3) is 5.56 Å². The van der Waals surface area contributed by atoms with Gasteiger partial charge >= 0.3 is 6.09 Å². The zero-order valence-electron chi connectivity index (χ0n) is 17.4. The fourth-order valence-electron chi connectivity index (χ4n) is 4.82. The lowest BCUT2D eigenvalue weighted by atomic mass is 9.79. The van der Waals surface area contributed by atoms with Crippen molar-refractivity contribution in [1.82, 2.24) is 15.1 Å². The SMILES string of the molecule is O=C(OC1CCN(c2ccc(=O)[nH]n2)CC1)N1CCCC(CCC2CCC2)CC1. The molecule has 160 valence electrons. The molecule has 1 unspecified atom stereocenters. The second-order valence-electron chi connectivity index (χ2n) is 9.01. The van der Waals surface area contributed by atoms with Crippen LogP contribution in [0.25, 0.3) is 0 Å². The maximum Gasteiger partial charge on any atom is 0.410 e. The molecule has 1 atom stereocenters. The number of hydrogen-bond acceptors (Lipinski definition) is 5. The number of piperidine rings is 1. The molecule has 3 aliphatic rings. The van der Waals surface area contributed by atoms with Crippen molar-refractivity contribution in [3.63, 3.8) is 0 Å². The van der Waals surface area contributed by atoms with Gasteiger partial charge in [0.05, 0.1) is 0 Å². The maximum atomic E-state index is 12.7. The van der Waals surface area contributed by atoms with Gasteiger partial charge in [0, 0.05) is 45.1 Å². The van der Waals surface area contributed by atoms with Crippen molar-refractivity contribution in [2.24, 2.45) is 11.8 Å². The van der Waals surface area contributed by atoms with Crippen molar-refractivity contribution in [2.75, 3.05) is 31.1 Å². The molecular weight excluding hydrogens is 368 g/mol. The van der Waals surface area contributed by atoms with Gasteiger partial charge in [0.2, 0.25) is 0 Å². The monoisotopic (exact) mass is 402 g/mol. The molecule has 0 aromatic carbocycles. The van der Waals surface area contributed by atoms with Gasteiger partial charge in [-0.2, -0.15) is 5.10 Å². The number of nitrogens with zero attached hydrogens (tertiary/aromatic N) is 3. The Morgan fingerprint density at radius 1 is 0.966 bits per heavy atom. The Labute approximate surface area is 172 Å². The lowest BCUT2D eigenvalue weighted by molar-refractivity contribution is 0.0523. The van der Waals surface area contributed by atoms with Gasteiger partial charge in [0.1, 0.15) is 11.9 Å². The van der Waals surface area contributed by atoms with E-state index < -0.39 is 0 Å². The Balaban J connectivity index is 1.18. The van der Waals surface area contributed by atoms with E-state index in [0.29, 0.717) is 0 Å². The average Bonchev–Trinajstić information content (AvgIpc) is 2.94. The highest BCUT2D eigenvalue weighted by Gasteiger charge is 2.27. The van der Waals surface area contributed by atoms with E-state index in [1.165, 1.54) is 44.6 Å². The zero-order valence-corrected chi connectivity index (χ0v) is 17.4. The van der Waals surface area contributed by atoms with E-state index >= 15 is 0 Å². The van der Waals surface area contributed by atoms with Gasteiger partial charge in [0.15, 0.2) is 0 Å². The number of aromatic amines is 1. The quantitative estimate of drug-likeness (QED) is 0.815. The average molecular weight is 403 g/mol. The smallest absolute Gasteiger partial charge is 0.410 e.